The van der Waals surface area contributed by atoms with Crippen LogP contribution in [0.5, 0.6) is 0 Å². The number of anilines is 1. The Morgan fingerprint density at radius 1 is 1.32 bits per heavy atom. The van der Waals surface area contributed by atoms with E-state index in [0.29, 0.717) is 9.90 Å². The summed E-state index contributed by atoms with van der Waals surface area (Å²) >= 11 is 7.00. The molecule has 0 bridgehead atoms. The molecule has 0 saturated carbocycles. The summed E-state index contributed by atoms with van der Waals surface area (Å²) in [6, 6.07) is 10.3. The molecule has 0 aliphatic rings. The molecule has 2 aromatic heterocycles. The Labute approximate surface area is 134 Å². The Balaban J connectivity index is 1.81. The zero-order valence-corrected chi connectivity index (χ0v) is 12.6. The average molecular weight is 333 g/mol. The number of thiophene rings is 1. The molecule has 0 radical (unpaired) electrons. The standard InChI is InChI=1S/C14H9ClN4O2S/c15-9-1-3-11-12(5-6-16-13(11)7-9)18-17-8-10-2-4-14(22-10)19(20)21/h1-8H,(H,16,18). The van der Waals surface area contributed by atoms with Crippen LogP contribution in [0.3, 0.4) is 0 Å². The van der Waals surface area contributed by atoms with Crippen molar-refractivity contribution in [1.29, 1.82) is 0 Å². The summed E-state index contributed by atoms with van der Waals surface area (Å²) in [6.45, 7) is 0. The number of hydrogen-bond donors (Lipinski definition) is 1. The van der Waals surface area contributed by atoms with Gasteiger partial charge in [-0.05, 0) is 30.3 Å². The van der Waals surface area contributed by atoms with Crippen molar-refractivity contribution in [2.75, 3.05) is 5.43 Å². The molecule has 22 heavy (non-hydrogen) atoms. The van der Waals surface area contributed by atoms with Crippen LogP contribution in [0, 0.1) is 10.1 Å². The number of nitro groups is 1. The fourth-order valence-electron chi connectivity index (χ4n) is 1.89. The van der Waals surface area contributed by atoms with Gasteiger partial charge in [0.2, 0.25) is 0 Å². The third-order valence-electron chi connectivity index (χ3n) is 2.87. The number of fused-ring (bicyclic) bond motifs is 1. The van der Waals surface area contributed by atoms with Crippen LogP contribution in [-0.2, 0) is 0 Å². The highest BCUT2D eigenvalue weighted by molar-refractivity contribution is 7.16. The second kappa shape index (κ2) is 6.08. The number of hydrogen-bond acceptors (Lipinski definition) is 6. The van der Waals surface area contributed by atoms with Gasteiger partial charge < -0.3 is 0 Å². The number of rotatable bonds is 4. The molecule has 110 valence electrons. The van der Waals surface area contributed by atoms with Crippen LogP contribution in [0.4, 0.5) is 10.7 Å². The number of benzene rings is 1. The SMILES string of the molecule is O=[N+]([O-])c1ccc(C=NNc2ccnc3cc(Cl)ccc23)s1. The molecule has 0 aliphatic carbocycles. The van der Waals surface area contributed by atoms with Crippen molar-refractivity contribution < 1.29 is 4.92 Å². The summed E-state index contributed by atoms with van der Waals surface area (Å²) in [5.41, 5.74) is 4.46. The maximum absolute atomic E-state index is 10.6. The van der Waals surface area contributed by atoms with Crippen LogP contribution in [0.1, 0.15) is 4.88 Å². The topological polar surface area (TPSA) is 80.4 Å². The smallest absolute Gasteiger partial charge is 0.278 e. The predicted molar refractivity (Wildman–Crippen MR) is 88.9 cm³/mol. The first-order valence-corrected chi connectivity index (χ1v) is 7.40. The highest BCUT2D eigenvalue weighted by Crippen LogP contribution is 2.25. The minimum Gasteiger partial charge on any atom is -0.278 e. The lowest BCUT2D eigenvalue weighted by Crippen LogP contribution is -1.92. The summed E-state index contributed by atoms with van der Waals surface area (Å²) in [5.74, 6) is 0. The molecule has 0 fully saturated rings. The largest absolute Gasteiger partial charge is 0.324 e. The lowest BCUT2D eigenvalue weighted by molar-refractivity contribution is -0.380. The Kier molecular flexibility index (Phi) is 3.99. The summed E-state index contributed by atoms with van der Waals surface area (Å²) in [6.07, 6.45) is 3.20. The van der Waals surface area contributed by atoms with E-state index in [9.17, 15) is 10.1 Å². The van der Waals surface area contributed by atoms with Gasteiger partial charge in [0, 0.05) is 22.7 Å². The molecule has 2 heterocycles. The van der Waals surface area contributed by atoms with E-state index in [0.717, 1.165) is 27.9 Å². The molecule has 0 saturated heterocycles. The van der Waals surface area contributed by atoms with E-state index in [1.54, 1.807) is 36.7 Å². The summed E-state index contributed by atoms with van der Waals surface area (Å²) in [4.78, 5) is 15.1. The normalized spacial score (nSPS) is 11.1. The minimum absolute atomic E-state index is 0.0884. The molecule has 1 aromatic carbocycles. The first-order valence-electron chi connectivity index (χ1n) is 6.21. The molecule has 0 unspecified atom stereocenters. The van der Waals surface area contributed by atoms with Gasteiger partial charge in [0.1, 0.15) is 0 Å². The number of nitrogens with zero attached hydrogens (tertiary/aromatic N) is 3. The van der Waals surface area contributed by atoms with E-state index in [1.807, 2.05) is 6.07 Å². The monoisotopic (exact) mass is 332 g/mol. The summed E-state index contributed by atoms with van der Waals surface area (Å²) < 4.78 is 0. The van der Waals surface area contributed by atoms with Crippen LogP contribution in [0.15, 0.2) is 47.7 Å². The van der Waals surface area contributed by atoms with Crippen LogP contribution in [0.2, 0.25) is 5.02 Å². The highest BCUT2D eigenvalue weighted by atomic mass is 35.5. The zero-order chi connectivity index (χ0) is 15.5. The third kappa shape index (κ3) is 3.05. The van der Waals surface area contributed by atoms with Gasteiger partial charge in [0.25, 0.3) is 0 Å². The first-order chi connectivity index (χ1) is 10.6. The van der Waals surface area contributed by atoms with Gasteiger partial charge in [-0.3, -0.25) is 20.5 Å². The van der Waals surface area contributed by atoms with Gasteiger partial charge in [0.05, 0.1) is 27.2 Å². The van der Waals surface area contributed by atoms with Gasteiger partial charge in [-0.15, -0.1) is 0 Å². The molecule has 0 spiro atoms. The van der Waals surface area contributed by atoms with Crippen molar-refractivity contribution in [2.24, 2.45) is 5.10 Å². The van der Waals surface area contributed by atoms with E-state index in [1.165, 1.54) is 6.07 Å². The van der Waals surface area contributed by atoms with Crippen LogP contribution in [-0.4, -0.2) is 16.1 Å². The molecular weight excluding hydrogens is 324 g/mol. The van der Waals surface area contributed by atoms with Gasteiger partial charge in [0.15, 0.2) is 0 Å². The fraction of sp³-hybridized carbons (Fsp3) is 0. The second-order valence-corrected chi connectivity index (χ2v) is 5.85. The number of hydrazone groups is 1. The molecule has 1 N–H and O–H groups in total. The number of nitrogens with one attached hydrogen (secondary N) is 1. The van der Waals surface area contributed by atoms with Crippen LogP contribution >= 0.6 is 22.9 Å². The quantitative estimate of drug-likeness (QED) is 0.438. The Morgan fingerprint density at radius 2 is 2.18 bits per heavy atom. The highest BCUT2D eigenvalue weighted by Gasteiger charge is 2.08. The van der Waals surface area contributed by atoms with Crippen molar-refractivity contribution in [1.82, 2.24) is 4.98 Å². The average Bonchev–Trinajstić information content (AvgIpc) is 2.96. The fourth-order valence-corrected chi connectivity index (χ4v) is 2.75. The second-order valence-electron chi connectivity index (χ2n) is 4.32. The number of halogens is 1. The molecule has 8 heteroatoms. The predicted octanol–water partition coefficient (Wildman–Crippen LogP) is 4.30. The van der Waals surface area contributed by atoms with E-state index in [-0.39, 0.29) is 5.00 Å². The van der Waals surface area contributed by atoms with Gasteiger partial charge in [-0.2, -0.15) is 5.10 Å². The van der Waals surface area contributed by atoms with Crippen molar-refractivity contribution in [3.05, 3.63) is 62.6 Å². The van der Waals surface area contributed by atoms with Gasteiger partial charge >= 0.3 is 5.00 Å². The zero-order valence-electron chi connectivity index (χ0n) is 11.1. The Morgan fingerprint density at radius 3 is 2.95 bits per heavy atom. The van der Waals surface area contributed by atoms with Crippen molar-refractivity contribution in [3.63, 3.8) is 0 Å². The molecule has 6 nitrogen and oxygen atoms in total. The molecule has 3 rings (SSSR count). The maximum Gasteiger partial charge on any atom is 0.324 e. The first kappa shape index (κ1) is 14.4. The molecular formula is C14H9ClN4O2S. The van der Waals surface area contributed by atoms with Gasteiger partial charge in [-0.25, -0.2) is 0 Å². The van der Waals surface area contributed by atoms with Crippen molar-refractivity contribution in [2.45, 2.75) is 0 Å². The number of aromatic nitrogens is 1. The lowest BCUT2D eigenvalue weighted by atomic mass is 10.2. The molecule has 0 amide bonds. The van der Waals surface area contributed by atoms with E-state index < -0.39 is 4.92 Å². The molecule has 0 aliphatic heterocycles. The minimum atomic E-state index is -0.421. The Hall–Kier alpha value is -2.51. The van der Waals surface area contributed by atoms with Gasteiger partial charge in [-0.1, -0.05) is 22.9 Å². The summed E-state index contributed by atoms with van der Waals surface area (Å²) in [7, 11) is 0. The van der Waals surface area contributed by atoms with Crippen LogP contribution in [0.25, 0.3) is 10.9 Å². The Bertz CT molecular complexity index is 878. The third-order valence-corrected chi connectivity index (χ3v) is 4.08. The van der Waals surface area contributed by atoms with E-state index in [2.05, 4.69) is 15.5 Å². The summed E-state index contributed by atoms with van der Waals surface area (Å²) in [5, 5.41) is 16.3. The van der Waals surface area contributed by atoms with E-state index in [4.69, 9.17) is 11.6 Å². The number of pyridine rings is 1. The van der Waals surface area contributed by atoms with Crippen molar-refractivity contribution in [3.8, 4) is 0 Å². The van der Waals surface area contributed by atoms with Crippen molar-refractivity contribution >= 4 is 50.7 Å². The lowest BCUT2D eigenvalue weighted by Gasteiger charge is -2.04. The van der Waals surface area contributed by atoms with Crippen LogP contribution < -0.4 is 5.43 Å². The molecule has 3 aromatic rings. The maximum atomic E-state index is 10.6. The van der Waals surface area contributed by atoms with E-state index >= 15 is 0 Å². The molecule has 0 atom stereocenters.